The summed E-state index contributed by atoms with van der Waals surface area (Å²) in [5, 5.41) is 25.0. The number of aromatic nitrogens is 4. The van der Waals surface area contributed by atoms with Gasteiger partial charge in [-0.3, -0.25) is 9.59 Å². The summed E-state index contributed by atoms with van der Waals surface area (Å²) in [4.78, 5) is 23.8. The Morgan fingerprint density at radius 3 is 1.61 bits per heavy atom. The van der Waals surface area contributed by atoms with Gasteiger partial charge in [0.15, 0.2) is 5.78 Å². The number of aromatic amines is 1. The zero-order valence-electron chi connectivity index (χ0n) is 27.4. The Bertz CT molecular complexity index is 2180. The largest absolute Gasteiger partial charge is 0.310 e. The van der Waals surface area contributed by atoms with E-state index in [0.717, 1.165) is 50.7 Å². The molecule has 0 radical (unpaired) electrons. The molecule has 246 valence electrons. The Hall–Kier alpha value is -7.00. The summed E-state index contributed by atoms with van der Waals surface area (Å²) < 4.78 is 0. The van der Waals surface area contributed by atoms with Crippen molar-refractivity contribution in [3.05, 3.63) is 197 Å². The van der Waals surface area contributed by atoms with E-state index in [2.05, 4.69) is 133 Å². The first kappa shape index (κ1) is 32.5. The van der Waals surface area contributed by atoms with E-state index in [1.807, 2.05) is 66.7 Å². The van der Waals surface area contributed by atoms with Crippen molar-refractivity contribution >= 4 is 17.9 Å². The highest BCUT2D eigenvalue weighted by Crippen LogP contribution is 2.51. The van der Waals surface area contributed by atoms with Crippen LogP contribution in [0.1, 0.15) is 38.2 Å². The third kappa shape index (κ3) is 6.68. The number of ketones is 1. The molecule has 1 aromatic heterocycles. The SMILES string of the molecule is O=C(Cc1ccc(-c2ccccc2)c(-c2nn[nH]n2)c1C(c1ccccc1)(c1ccccc1)c1ccccc1)c1ccccc1.O=C1C=NN=N1. The Morgan fingerprint density at radius 1 is 0.627 bits per heavy atom. The third-order valence-corrected chi connectivity index (χ3v) is 8.75. The summed E-state index contributed by atoms with van der Waals surface area (Å²) >= 11 is 0. The van der Waals surface area contributed by atoms with Gasteiger partial charge in [0.05, 0.1) is 5.41 Å². The van der Waals surface area contributed by atoms with Crippen LogP contribution < -0.4 is 0 Å². The van der Waals surface area contributed by atoms with Gasteiger partial charge in [0, 0.05) is 17.5 Å². The zero-order chi connectivity index (χ0) is 34.9. The highest BCUT2D eigenvalue weighted by molar-refractivity contribution is 6.27. The van der Waals surface area contributed by atoms with E-state index >= 15 is 0 Å². The highest BCUT2D eigenvalue weighted by atomic mass is 16.2. The number of H-pyrrole nitrogens is 1. The molecule has 6 aromatic carbocycles. The maximum absolute atomic E-state index is 14.0. The lowest BCUT2D eigenvalue weighted by Gasteiger charge is -2.40. The first-order valence-corrected chi connectivity index (χ1v) is 16.3. The first-order chi connectivity index (χ1) is 25.2. The van der Waals surface area contributed by atoms with Crippen molar-refractivity contribution in [3.8, 4) is 22.5 Å². The molecule has 0 atom stereocenters. The number of amides is 1. The third-order valence-electron chi connectivity index (χ3n) is 8.75. The van der Waals surface area contributed by atoms with Gasteiger partial charge in [-0.05, 0) is 49.4 Å². The number of carbonyl (C=O) groups excluding carboxylic acids is 2. The molecular formula is C42H31N7O2. The Balaban J connectivity index is 0.000000615. The predicted octanol–water partition coefficient (Wildman–Crippen LogP) is 8.31. The predicted molar refractivity (Wildman–Crippen MR) is 196 cm³/mol. The van der Waals surface area contributed by atoms with Crippen LogP contribution in [-0.4, -0.2) is 38.5 Å². The minimum Gasteiger partial charge on any atom is -0.294 e. The molecule has 0 bridgehead atoms. The van der Waals surface area contributed by atoms with Gasteiger partial charge in [-0.2, -0.15) is 5.21 Å². The number of rotatable bonds is 9. The van der Waals surface area contributed by atoms with Crippen molar-refractivity contribution in [2.45, 2.75) is 11.8 Å². The molecule has 51 heavy (non-hydrogen) atoms. The van der Waals surface area contributed by atoms with Crippen LogP contribution in [0.5, 0.6) is 0 Å². The summed E-state index contributed by atoms with van der Waals surface area (Å²) in [7, 11) is 0. The van der Waals surface area contributed by atoms with Gasteiger partial charge in [-0.15, -0.1) is 15.3 Å². The molecule has 7 aromatic rings. The lowest BCUT2D eigenvalue weighted by atomic mass is 9.61. The molecule has 0 saturated carbocycles. The molecule has 0 unspecified atom stereocenters. The number of nitrogens with zero attached hydrogens (tertiary/aromatic N) is 6. The lowest BCUT2D eigenvalue weighted by molar-refractivity contribution is -0.111. The molecule has 1 aliphatic heterocycles. The van der Waals surface area contributed by atoms with Crippen molar-refractivity contribution in [2.75, 3.05) is 0 Å². The van der Waals surface area contributed by atoms with Crippen LogP contribution in [0.15, 0.2) is 179 Å². The van der Waals surface area contributed by atoms with Crippen molar-refractivity contribution in [2.24, 2.45) is 15.4 Å². The van der Waals surface area contributed by atoms with Gasteiger partial charge in [-0.25, -0.2) is 0 Å². The number of nitrogens with one attached hydrogen (secondary N) is 1. The molecule has 0 aliphatic carbocycles. The van der Waals surface area contributed by atoms with E-state index in [4.69, 9.17) is 0 Å². The minimum absolute atomic E-state index is 0.0338. The van der Waals surface area contributed by atoms with Gasteiger partial charge >= 0.3 is 5.91 Å². The summed E-state index contributed by atoms with van der Waals surface area (Å²) in [6, 6.07) is 55.4. The molecule has 0 fully saturated rings. The number of benzene rings is 6. The van der Waals surface area contributed by atoms with E-state index in [9.17, 15) is 9.59 Å². The van der Waals surface area contributed by atoms with Gasteiger partial charge < -0.3 is 0 Å². The van der Waals surface area contributed by atoms with Gasteiger partial charge in [0.2, 0.25) is 5.82 Å². The fraction of sp³-hybridized carbons (Fsp3) is 0.0476. The van der Waals surface area contributed by atoms with E-state index in [0.29, 0.717) is 11.4 Å². The highest BCUT2D eigenvalue weighted by Gasteiger charge is 2.43. The molecule has 9 heteroatoms. The molecule has 0 saturated heterocycles. The second-order valence-corrected chi connectivity index (χ2v) is 11.7. The molecule has 1 aliphatic rings. The van der Waals surface area contributed by atoms with E-state index in [1.54, 1.807) is 0 Å². The van der Waals surface area contributed by atoms with Gasteiger partial charge in [0.25, 0.3) is 0 Å². The quantitative estimate of drug-likeness (QED) is 0.123. The molecule has 1 N–H and O–H groups in total. The number of carbonyl (C=O) groups is 2. The fourth-order valence-electron chi connectivity index (χ4n) is 6.65. The van der Waals surface area contributed by atoms with E-state index in [-0.39, 0.29) is 18.1 Å². The average Bonchev–Trinajstić information content (AvgIpc) is 3.92. The molecule has 8 rings (SSSR count). The number of Topliss-reactive ketones (excluding diaryl/α,β-unsaturated/α-hetero) is 1. The van der Waals surface area contributed by atoms with Crippen molar-refractivity contribution in [1.29, 1.82) is 0 Å². The summed E-state index contributed by atoms with van der Waals surface area (Å²) in [6.45, 7) is 0. The molecule has 9 nitrogen and oxygen atoms in total. The Kier molecular flexibility index (Phi) is 9.60. The van der Waals surface area contributed by atoms with Crippen LogP contribution in [0.25, 0.3) is 22.5 Å². The number of hydrogen-bond acceptors (Lipinski definition) is 7. The topological polar surface area (TPSA) is 126 Å². The van der Waals surface area contributed by atoms with Crippen LogP contribution >= 0.6 is 0 Å². The maximum atomic E-state index is 14.0. The van der Waals surface area contributed by atoms with Crippen molar-refractivity contribution in [3.63, 3.8) is 0 Å². The number of tetrazole rings is 1. The van der Waals surface area contributed by atoms with Crippen LogP contribution in [0.3, 0.4) is 0 Å². The first-order valence-electron chi connectivity index (χ1n) is 16.3. The van der Waals surface area contributed by atoms with Gasteiger partial charge in [0.1, 0.15) is 6.21 Å². The van der Waals surface area contributed by atoms with Crippen LogP contribution in [0.4, 0.5) is 0 Å². The van der Waals surface area contributed by atoms with E-state index in [1.165, 1.54) is 0 Å². The maximum Gasteiger partial charge on any atom is 0.310 e. The molecule has 1 amide bonds. The smallest absolute Gasteiger partial charge is 0.294 e. The second kappa shape index (κ2) is 15.0. The lowest BCUT2D eigenvalue weighted by Crippen LogP contribution is -2.33. The summed E-state index contributed by atoms with van der Waals surface area (Å²) in [5.41, 5.74) is 7.63. The fourth-order valence-corrected chi connectivity index (χ4v) is 6.65. The summed E-state index contributed by atoms with van der Waals surface area (Å²) in [5.74, 6) is 0.117. The normalized spacial score (nSPS) is 12.0. The average molecular weight is 666 g/mol. The zero-order valence-corrected chi connectivity index (χ0v) is 27.4. The van der Waals surface area contributed by atoms with Gasteiger partial charge in [-0.1, -0.05) is 169 Å². The van der Waals surface area contributed by atoms with Crippen LogP contribution in [-0.2, 0) is 16.6 Å². The second-order valence-electron chi connectivity index (χ2n) is 11.7. The Morgan fingerprint density at radius 2 is 1.16 bits per heavy atom. The molecular weight excluding hydrogens is 635 g/mol. The summed E-state index contributed by atoms with van der Waals surface area (Å²) in [6.07, 6.45) is 1.24. The Labute approximate surface area is 294 Å². The van der Waals surface area contributed by atoms with Crippen LogP contribution in [0, 0.1) is 0 Å². The minimum atomic E-state index is -0.850. The van der Waals surface area contributed by atoms with E-state index < -0.39 is 5.41 Å². The van der Waals surface area contributed by atoms with Crippen molar-refractivity contribution < 1.29 is 9.59 Å². The monoisotopic (exact) mass is 665 g/mol. The molecule has 0 spiro atoms. The standard InChI is InChI=1S/C40H30N4O.C2HN3O/c45-36(30-18-8-2-9-19-30)28-31-26-27-35(29-16-6-1-7-17-29)37(39-41-43-44-42-39)38(31)40(32-20-10-3-11-21-32,33-22-12-4-13-23-33)34-24-14-5-15-25-34;6-2-1-3-5-4-2/h1-27H,28H2,(H,41,42,43,44);1H. The van der Waals surface area contributed by atoms with Crippen molar-refractivity contribution in [1.82, 2.24) is 20.6 Å². The number of hydrogen-bond donors (Lipinski definition) is 1. The van der Waals surface area contributed by atoms with Crippen LogP contribution in [0.2, 0.25) is 0 Å². The molecule has 2 heterocycles.